The topological polar surface area (TPSA) is 99.3 Å². The van der Waals surface area contributed by atoms with Crippen molar-refractivity contribution < 1.29 is 9.16 Å². The lowest BCUT2D eigenvalue weighted by Gasteiger charge is -2.45. The number of nitrogens with two attached hydrogens (primary N) is 1. The van der Waals surface area contributed by atoms with E-state index in [-0.39, 0.29) is 23.8 Å². The fraction of sp³-hybridized carbons (Fsp3) is 0.385. The molecule has 3 aromatic rings. The number of aryl methyl sites for hydroxylation is 1. The highest BCUT2D eigenvalue weighted by molar-refractivity contribution is 6.99. The third-order valence-electron chi connectivity index (χ3n) is 6.61. The van der Waals surface area contributed by atoms with Crippen LogP contribution in [0.15, 0.2) is 76.4 Å². The predicted octanol–water partition coefficient (Wildman–Crippen LogP) is 2.04. The highest BCUT2D eigenvalue weighted by Crippen LogP contribution is 2.40. The number of ether oxygens (including phenoxy) is 1. The molecule has 8 heteroatoms. The molecule has 3 atom stereocenters. The van der Waals surface area contributed by atoms with Crippen molar-refractivity contribution in [1.29, 1.82) is 0 Å². The molecule has 0 amide bonds. The van der Waals surface area contributed by atoms with Gasteiger partial charge in [-0.05, 0) is 22.3 Å². The van der Waals surface area contributed by atoms with Crippen molar-refractivity contribution in [2.24, 2.45) is 5.73 Å². The number of nitrogens with zero attached hydrogens (tertiary/aromatic N) is 1. The third kappa shape index (κ3) is 4.34. The Morgan fingerprint density at radius 1 is 1.06 bits per heavy atom. The first kappa shape index (κ1) is 24.3. The summed E-state index contributed by atoms with van der Waals surface area (Å²) in [6, 6.07) is 20.8. The largest absolute Gasteiger partial charge is 0.402 e. The average Bonchev–Trinajstić information content (AvgIpc) is 3.22. The Balaban J connectivity index is 1.79. The van der Waals surface area contributed by atoms with Crippen LogP contribution in [0.1, 0.15) is 39.0 Å². The Kier molecular flexibility index (Phi) is 6.77. The van der Waals surface area contributed by atoms with E-state index in [1.807, 2.05) is 36.4 Å². The number of aromatic nitrogens is 2. The van der Waals surface area contributed by atoms with E-state index in [4.69, 9.17) is 14.9 Å². The lowest BCUT2D eigenvalue weighted by atomic mass is 10.2. The highest BCUT2D eigenvalue weighted by atomic mass is 28.4. The molecule has 3 N–H and O–H groups in total. The molecule has 1 aliphatic rings. The molecule has 0 bridgehead atoms. The summed E-state index contributed by atoms with van der Waals surface area (Å²) in [6.07, 6.45) is 0.730. The number of rotatable bonds is 6. The van der Waals surface area contributed by atoms with Gasteiger partial charge in [-0.25, -0.2) is 4.79 Å². The van der Waals surface area contributed by atoms with E-state index in [2.05, 4.69) is 50.0 Å². The zero-order valence-corrected chi connectivity index (χ0v) is 21.2. The minimum atomic E-state index is -2.82. The van der Waals surface area contributed by atoms with Gasteiger partial charge >= 0.3 is 5.69 Å². The Morgan fingerprint density at radius 3 is 2.12 bits per heavy atom. The number of aromatic amines is 1. The normalized spacial score (nSPS) is 21.0. The molecule has 7 nitrogen and oxygen atoms in total. The first-order chi connectivity index (χ1) is 16.2. The van der Waals surface area contributed by atoms with E-state index in [0.717, 1.165) is 0 Å². The molecule has 0 unspecified atom stereocenters. The molecule has 0 spiro atoms. The van der Waals surface area contributed by atoms with Gasteiger partial charge < -0.3 is 14.9 Å². The average molecular weight is 480 g/mol. The van der Waals surface area contributed by atoms with Crippen LogP contribution in [0.25, 0.3) is 0 Å². The van der Waals surface area contributed by atoms with Crippen LogP contribution >= 0.6 is 0 Å². The van der Waals surface area contributed by atoms with E-state index >= 15 is 0 Å². The minimum Gasteiger partial charge on any atom is -0.402 e. The molecule has 0 saturated carbocycles. The molecule has 0 radical (unpaired) electrons. The molecular weight excluding hydrogens is 446 g/mol. The highest BCUT2D eigenvalue weighted by Gasteiger charge is 2.53. The van der Waals surface area contributed by atoms with E-state index in [1.54, 1.807) is 13.1 Å². The maximum Gasteiger partial charge on any atom is 0.330 e. The van der Waals surface area contributed by atoms with Crippen molar-refractivity contribution >= 4 is 18.7 Å². The molecule has 1 aromatic heterocycles. The molecule has 2 aromatic carbocycles. The number of hydrogen-bond acceptors (Lipinski definition) is 5. The van der Waals surface area contributed by atoms with Gasteiger partial charge in [-0.2, -0.15) is 0 Å². The van der Waals surface area contributed by atoms with E-state index < -0.39 is 25.8 Å². The van der Waals surface area contributed by atoms with Crippen LogP contribution in [0.3, 0.4) is 0 Å². The minimum absolute atomic E-state index is 0.196. The van der Waals surface area contributed by atoms with Gasteiger partial charge in [0.1, 0.15) is 6.23 Å². The third-order valence-corrected chi connectivity index (χ3v) is 11.7. The fourth-order valence-corrected chi connectivity index (χ4v) is 9.64. The SMILES string of the molecule is Cc1cn([C@H]2C[C@H](O[Si](c3ccccc3)(c3ccccc3)C(C)(C)C)[C@@H](CN)O2)c(=O)[nH]c1=O. The molecule has 1 saturated heterocycles. The second kappa shape index (κ2) is 9.46. The van der Waals surface area contributed by atoms with Crippen LogP contribution in [0.2, 0.25) is 5.04 Å². The first-order valence-electron chi connectivity index (χ1n) is 11.6. The summed E-state index contributed by atoms with van der Waals surface area (Å²) < 4.78 is 14.9. The van der Waals surface area contributed by atoms with Crippen LogP contribution in [0.5, 0.6) is 0 Å². The van der Waals surface area contributed by atoms with Crippen LogP contribution in [-0.4, -0.2) is 36.6 Å². The zero-order chi connectivity index (χ0) is 24.5. The maximum atomic E-state index is 12.5. The summed E-state index contributed by atoms with van der Waals surface area (Å²) >= 11 is 0. The van der Waals surface area contributed by atoms with Gasteiger partial charge in [-0.1, -0.05) is 81.4 Å². The Morgan fingerprint density at radius 2 is 1.62 bits per heavy atom. The second-order valence-electron chi connectivity index (χ2n) is 9.90. The maximum absolute atomic E-state index is 12.5. The standard InChI is InChI=1S/C26H33N3O4Si/c1-18-17-29(25(31)28-24(18)30)23-15-21(22(16-27)32-23)33-34(26(2,3)4,19-11-7-5-8-12-19)20-13-9-6-10-14-20/h5-14,17,21-23H,15-16,27H2,1-4H3,(H,28,30,31)/t21-,22+,23+/m0/s1. The van der Waals surface area contributed by atoms with E-state index in [0.29, 0.717) is 12.0 Å². The molecule has 34 heavy (non-hydrogen) atoms. The van der Waals surface area contributed by atoms with E-state index in [9.17, 15) is 9.59 Å². The first-order valence-corrected chi connectivity index (χ1v) is 13.5. The van der Waals surface area contributed by atoms with Crippen molar-refractivity contribution in [3.8, 4) is 0 Å². The summed E-state index contributed by atoms with van der Waals surface area (Å²) in [5.41, 5.74) is 5.68. The molecule has 4 rings (SSSR count). The van der Waals surface area contributed by atoms with Gasteiger partial charge in [0.25, 0.3) is 13.9 Å². The summed E-state index contributed by atoms with van der Waals surface area (Å²) in [5.74, 6) is 0. The van der Waals surface area contributed by atoms with Crippen LogP contribution < -0.4 is 27.4 Å². The molecule has 180 valence electrons. The van der Waals surface area contributed by atoms with Crippen LogP contribution in [0, 0.1) is 6.92 Å². The monoisotopic (exact) mass is 479 g/mol. The van der Waals surface area contributed by atoms with Gasteiger partial charge in [-0.3, -0.25) is 14.3 Å². The van der Waals surface area contributed by atoms with Crippen molar-refractivity contribution in [3.63, 3.8) is 0 Å². The van der Waals surface area contributed by atoms with Crippen LogP contribution in [0.4, 0.5) is 0 Å². The zero-order valence-electron chi connectivity index (χ0n) is 20.2. The number of benzene rings is 2. The summed E-state index contributed by atoms with van der Waals surface area (Å²) in [6.45, 7) is 8.59. The van der Waals surface area contributed by atoms with Gasteiger partial charge in [0.15, 0.2) is 0 Å². The smallest absolute Gasteiger partial charge is 0.330 e. The molecule has 1 aliphatic heterocycles. The predicted molar refractivity (Wildman–Crippen MR) is 136 cm³/mol. The summed E-state index contributed by atoms with van der Waals surface area (Å²) in [4.78, 5) is 26.8. The van der Waals surface area contributed by atoms with Gasteiger partial charge in [0, 0.05) is 24.7 Å². The summed E-state index contributed by atoms with van der Waals surface area (Å²) in [5, 5.41) is 2.15. The quantitative estimate of drug-likeness (QED) is 0.527. The Hall–Kier alpha value is -2.78. The second-order valence-corrected chi connectivity index (χ2v) is 14.2. The van der Waals surface area contributed by atoms with Gasteiger partial charge in [-0.15, -0.1) is 0 Å². The summed E-state index contributed by atoms with van der Waals surface area (Å²) in [7, 11) is -2.82. The molecule has 0 aliphatic carbocycles. The molecule has 1 fully saturated rings. The lowest BCUT2D eigenvalue weighted by Crippen LogP contribution is -2.68. The van der Waals surface area contributed by atoms with E-state index in [1.165, 1.54) is 14.9 Å². The Bertz CT molecular complexity index is 1200. The Labute approximate surface area is 200 Å². The number of H-pyrrole nitrogens is 1. The number of nitrogens with one attached hydrogen (secondary N) is 1. The molecule has 2 heterocycles. The van der Waals surface area contributed by atoms with Crippen molar-refractivity contribution in [3.05, 3.63) is 93.3 Å². The van der Waals surface area contributed by atoms with Crippen molar-refractivity contribution in [2.75, 3.05) is 6.54 Å². The van der Waals surface area contributed by atoms with Gasteiger partial charge in [0.2, 0.25) is 0 Å². The number of hydrogen-bond donors (Lipinski definition) is 2. The van der Waals surface area contributed by atoms with Gasteiger partial charge in [0.05, 0.1) is 12.2 Å². The van der Waals surface area contributed by atoms with Crippen LogP contribution in [-0.2, 0) is 9.16 Å². The molecular formula is C26H33N3O4Si. The van der Waals surface area contributed by atoms with Crippen molar-refractivity contribution in [2.45, 2.75) is 57.6 Å². The fourth-order valence-electron chi connectivity index (χ4n) is 4.92. The van der Waals surface area contributed by atoms with Crippen molar-refractivity contribution in [1.82, 2.24) is 9.55 Å². The lowest BCUT2D eigenvalue weighted by molar-refractivity contribution is -0.0128.